The third kappa shape index (κ3) is 3.56. The van der Waals surface area contributed by atoms with Gasteiger partial charge >= 0.3 is 0 Å². The van der Waals surface area contributed by atoms with Crippen molar-refractivity contribution in [2.45, 2.75) is 39.2 Å². The largest absolute Gasteiger partial charge is 0.329 e. The maximum absolute atomic E-state index is 12.1. The van der Waals surface area contributed by atoms with Crippen molar-refractivity contribution in [1.29, 1.82) is 0 Å². The number of anilines is 1. The summed E-state index contributed by atoms with van der Waals surface area (Å²) in [4.78, 5) is 25.6. The number of rotatable bonds is 4. The first-order valence-corrected chi connectivity index (χ1v) is 6.86. The molecule has 1 heterocycles. The van der Waals surface area contributed by atoms with Gasteiger partial charge in [-0.2, -0.15) is 0 Å². The van der Waals surface area contributed by atoms with Crippen LogP contribution in [-0.2, 0) is 16.1 Å². The van der Waals surface area contributed by atoms with Gasteiger partial charge in [0.1, 0.15) is 6.54 Å². The summed E-state index contributed by atoms with van der Waals surface area (Å²) in [5.41, 5.74) is 1.81. The van der Waals surface area contributed by atoms with Gasteiger partial charge < -0.3 is 10.2 Å². The lowest BCUT2D eigenvalue weighted by atomic mass is 10.1. The molecule has 0 radical (unpaired) electrons. The molecular formula is C15H20N2O2. The van der Waals surface area contributed by atoms with E-state index in [9.17, 15) is 9.59 Å². The van der Waals surface area contributed by atoms with Gasteiger partial charge in [-0.05, 0) is 18.1 Å². The number of amides is 2. The molecule has 1 N–H and O–H groups in total. The number of unbranched alkanes of at least 4 members (excludes halogenated alkanes) is 2. The molecule has 0 unspecified atom stereocenters. The number of nitrogens with zero attached hydrogens (tertiary/aromatic N) is 1. The lowest BCUT2D eigenvalue weighted by Gasteiger charge is -2.19. The van der Waals surface area contributed by atoms with Gasteiger partial charge in [0.25, 0.3) is 0 Å². The van der Waals surface area contributed by atoms with Crippen molar-refractivity contribution in [3.8, 4) is 0 Å². The van der Waals surface area contributed by atoms with E-state index in [2.05, 4.69) is 12.2 Å². The topological polar surface area (TPSA) is 49.4 Å². The van der Waals surface area contributed by atoms with E-state index in [0.717, 1.165) is 30.5 Å². The summed E-state index contributed by atoms with van der Waals surface area (Å²) >= 11 is 0. The Kier molecular flexibility index (Phi) is 4.55. The standard InChI is InChI=1S/C15H20N2O2/c1-2-3-4-9-15(19)17-10-12-7-5-6-8-13(12)16-14(18)11-17/h5-8H,2-4,9-11H2,1H3,(H,16,18). The number of hydrogen-bond donors (Lipinski definition) is 1. The van der Waals surface area contributed by atoms with Crippen molar-refractivity contribution in [3.63, 3.8) is 0 Å². The Morgan fingerprint density at radius 2 is 2.05 bits per heavy atom. The molecule has 1 aliphatic rings. The number of carbonyl (C=O) groups is 2. The highest BCUT2D eigenvalue weighted by Gasteiger charge is 2.22. The summed E-state index contributed by atoms with van der Waals surface area (Å²) in [5, 5.41) is 2.84. The highest BCUT2D eigenvalue weighted by Crippen LogP contribution is 2.20. The maximum atomic E-state index is 12.1. The second-order valence-electron chi connectivity index (χ2n) is 4.91. The molecule has 0 fully saturated rings. The van der Waals surface area contributed by atoms with E-state index in [0.29, 0.717) is 13.0 Å². The second-order valence-corrected chi connectivity index (χ2v) is 4.91. The third-order valence-electron chi connectivity index (χ3n) is 3.33. The Bertz CT molecular complexity index is 471. The molecule has 0 aromatic heterocycles. The van der Waals surface area contributed by atoms with E-state index < -0.39 is 0 Å². The van der Waals surface area contributed by atoms with Crippen LogP contribution in [0.25, 0.3) is 0 Å². The first-order valence-electron chi connectivity index (χ1n) is 6.86. The van der Waals surface area contributed by atoms with E-state index in [-0.39, 0.29) is 18.4 Å². The minimum Gasteiger partial charge on any atom is -0.329 e. The molecule has 0 atom stereocenters. The van der Waals surface area contributed by atoms with E-state index in [1.807, 2.05) is 24.3 Å². The van der Waals surface area contributed by atoms with Crippen LogP contribution in [0.3, 0.4) is 0 Å². The maximum Gasteiger partial charge on any atom is 0.244 e. The van der Waals surface area contributed by atoms with E-state index in [4.69, 9.17) is 0 Å². The van der Waals surface area contributed by atoms with Gasteiger partial charge in [-0.3, -0.25) is 9.59 Å². The average molecular weight is 260 g/mol. The Morgan fingerprint density at radius 1 is 1.26 bits per heavy atom. The molecule has 102 valence electrons. The molecule has 19 heavy (non-hydrogen) atoms. The molecule has 1 aromatic carbocycles. The fourth-order valence-electron chi connectivity index (χ4n) is 2.27. The fourth-order valence-corrected chi connectivity index (χ4v) is 2.27. The number of benzene rings is 1. The van der Waals surface area contributed by atoms with Crippen LogP contribution < -0.4 is 5.32 Å². The molecule has 2 rings (SSSR count). The van der Waals surface area contributed by atoms with Gasteiger partial charge in [-0.1, -0.05) is 38.0 Å². The van der Waals surface area contributed by atoms with Crippen LogP contribution in [0.1, 0.15) is 38.2 Å². The normalized spacial score (nSPS) is 14.6. The first kappa shape index (κ1) is 13.6. The quantitative estimate of drug-likeness (QED) is 0.846. The Balaban J connectivity index is 2.06. The van der Waals surface area contributed by atoms with Crippen LogP contribution in [0.2, 0.25) is 0 Å². The molecule has 1 aliphatic heterocycles. The van der Waals surface area contributed by atoms with Gasteiger partial charge in [0.2, 0.25) is 11.8 Å². The Morgan fingerprint density at radius 3 is 2.84 bits per heavy atom. The summed E-state index contributed by atoms with van der Waals surface area (Å²) in [6.45, 7) is 2.78. The fraction of sp³-hybridized carbons (Fsp3) is 0.467. The summed E-state index contributed by atoms with van der Waals surface area (Å²) in [6.07, 6.45) is 3.58. The molecule has 4 nitrogen and oxygen atoms in total. The zero-order chi connectivity index (χ0) is 13.7. The van der Waals surface area contributed by atoms with E-state index in [1.165, 1.54) is 0 Å². The lowest BCUT2D eigenvalue weighted by Crippen LogP contribution is -2.35. The zero-order valence-electron chi connectivity index (χ0n) is 11.3. The van der Waals surface area contributed by atoms with Crippen LogP contribution in [0.15, 0.2) is 24.3 Å². The van der Waals surface area contributed by atoms with Crippen LogP contribution >= 0.6 is 0 Å². The zero-order valence-corrected chi connectivity index (χ0v) is 11.3. The lowest BCUT2D eigenvalue weighted by molar-refractivity contribution is -0.135. The number of carbonyl (C=O) groups excluding carboxylic acids is 2. The molecule has 0 bridgehead atoms. The number of nitrogens with one attached hydrogen (secondary N) is 1. The van der Waals surface area contributed by atoms with Crippen molar-refractivity contribution in [2.75, 3.05) is 11.9 Å². The van der Waals surface area contributed by atoms with Gasteiger partial charge in [0.05, 0.1) is 0 Å². The first-order chi connectivity index (χ1) is 9.20. The highest BCUT2D eigenvalue weighted by atomic mass is 16.2. The predicted octanol–water partition coefficient (Wildman–Crippen LogP) is 2.55. The number of para-hydroxylation sites is 1. The summed E-state index contributed by atoms with van der Waals surface area (Å²) in [5.74, 6) is -0.0471. The Hall–Kier alpha value is -1.84. The minimum absolute atomic E-state index is 0.0697. The summed E-state index contributed by atoms with van der Waals surface area (Å²) in [6, 6.07) is 7.64. The summed E-state index contributed by atoms with van der Waals surface area (Å²) in [7, 11) is 0. The molecular weight excluding hydrogens is 240 g/mol. The number of hydrogen-bond acceptors (Lipinski definition) is 2. The van der Waals surface area contributed by atoms with Gasteiger partial charge in [0, 0.05) is 18.7 Å². The van der Waals surface area contributed by atoms with Crippen molar-refractivity contribution in [2.24, 2.45) is 0 Å². The second kappa shape index (κ2) is 6.36. The van der Waals surface area contributed by atoms with Gasteiger partial charge in [0.15, 0.2) is 0 Å². The molecule has 0 spiro atoms. The monoisotopic (exact) mass is 260 g/mol. The highest BCUT2D eigenvalue weighted by molar-refractivity contribution is 5.96. The van der Waals surface area contributed by atoms with Crippen LogP contribution in [0.5, 0.6) is 0 Å². The molecule has 2 amide bonds. The van der Waals surface area contributed by atoms with Crippen molar-refractivity contribution < 1.29 is 9.59 Å². The van der Waals surface area contributed by atoms with Gasteiger partial charge in [-0.15, -0.1) is 0 Å². The molecule has 0 aliphatic carbocycles. The van der Waals surface area contributed by atoms with Crippen LogP contribution in [-0.4, -0.2) is 23.3 Å². The molecule has 1 aromatic rings. The predicted molar refractivity (Wildman–Crippen MR) is 74.6 cm³/mol. The van der Waals surface area contributed by atoms with Gasteiger partial charge in [-0.25, -0.2) is 0 Å². The molecule has 4 heteroatoms. The SMILES string of the molecule is CCCCCC(=O)N1CC(=O)Nc2ccccc2C1. The number of fused-ring (bicyclic) bond motifs is 1. The minimum atomic E-state index is -0.117. The van der Waals surface area contributed by atoms with E-state index >= 15 is 0 Å². The molecule has 0 saturated heterocycles. The van der Waals surface area contributed by atoms with Crippen molar-refractivity contribution >= 4 is 17.5 Å². The van der Waals surface area contributed by atoms with Crippen LogP contribution in [0.4, 0.5) is 5.69 Å². The average Bonchev–Trinajstić information content (AvgIpc) is 2.56. The van der Waals surface area contributed by atoms with Crippen molar-refractivity contribution in [1.82, 2.24) is 4.90 Å². The smallest absolute Gasteiger partial charge is 0.244 e. The molecule has 0 saturated carbocycles. The van der Waals surface area contributed by atoms with Crippen LogP contribution in [0, 0.1) is 0 Å². The third-order valence-corrected chi connectivity index (χ3v) is 3.33. The summed E-state index contributed by atoms with van der Waals surface area (Å²) < 4.78 is 0. The Labute approximate surface area is 113 Å². The van der Waals surface area contributed by atoms with Crippen molar-refractivity contribution in [3.05, 3.63) is 29.8 Å². The van der Waals surface area contributed by atoms with E-state index in [1.54, 1.807) is 4.90 Å².